The summed E-state index contributed by atoms with van der Waals surface area (Å²) >= 11 is 0. The molecule has 1 aromatic rings. The van der Waals surface area contributed by atoms with Crippen molar-refractivity contribution in [1.82, 2.24) is 15.3 Å². The molecule has 0 spiro atoms. The lowest BCUT2D eigenvalue weighted by molar-refractivity contribution is -0.119. The topological polar surface area (TPSA) is 58.1 Å². The number of nitrogens with zero attached hydrogens (tertiary/aromatic N) is 3. The summed E-state index contributed by atoms with van der Waals surface area (Å²) in [5, 5.41) is 2.96. The molecule has 2 heterocycles. The highest BCUT2D eigenvalue weighted by Crippen LogP contribution is 2.18. The SMILES string of the molecule is CCCc1cc(N2CCC(NC(C)=O)C2)ncn1. The zero-order chi connectivity index (χ0) is 13.0. The number of aromatic nitrogens is 2. The molecule has 1 aliphatic heterocycles. The van der Waals surface area contributed by atoms with Gasteiger partial charge in [-0.2, -0.15) is 0 Å². The number of hydrogen-bond donors (Lipinski definition) is 1. The van der Waals surface area contributed by atoms with Gasteiger partial charge in [0, 0.05) is 37.8 Å². The lowest BCUT2D eigenvalue weighted by Crippen LogP contribution is -2.35. The number of carbonyl (C=O) groups is 1. The molecule has 1 fully saturated rings. The molecule has 1 atom stereocenters. The Morgan fingerprint density at radius 1 is 1.56 bits per heavy atom. The number of amides is 1. The summed E-state index contributed by atoms with van der Waals surface area (Å²) in [6.45, 7) is 5.48. The number of rotatable bonds is 4. The largest absolute Gasteiger partial charge is 0.354 e. The lowest BCUT2D eigenvalue weighted by Gasteiger charge is -2.18. The minimum Gasteiger partial charge on any atom is -0.354 e. The Hall–Kier alpha value is -1.65. The molecule has 18 heavy (non-hydrogen) atoms. The van der Waals surface area contributed by atoms with Crippen molar-refractivity contribution in [2.24, 2.45) is 0 Å². The Kier molecular flexibility index (Phi) is 4.12. The van der Waals surface area contributed by atoms with E-state index in [1.807, 2.05) is 0 Å². The molecule has 0 saturated carbocycles. The minimum atomic E-state index is 0.0382. The Morgan fingerprint density at radius 2 is 2.39 bits per heavy atom. The summed E-state index contributed by atoms with van der Waals surface area (Å²) in [7, 11) is 0. The van der Waals surface area contributed by atoms with E-state index in [-0.39, 0.29) is 11.9 Å². The maximum atomic E-state index is 11.0. The van der Waals surface area contributed by atoms with E-state index in [1.165, 1.54) is 0 Å². The molecule has 0 radical (unpaired) electrons. The van der Waals surface area contributed by atoms with Crippen LogP contribution < -0.4 is 10.2 Å². The van der Waals surface area contributed by atoms with E-state index in [9.17, 15) is 4.79 Å². The summed E-state index contributed by atoms with van der Waals surface area (Å²) < 4.78 is 0. The maximum Gasteiger partial charge on any atom is 0.217 e. The van der Waals surface area contributed by atoms with Crippen LogP contribution in [-0.4, -0.2) is 35.0 Å². The average Bonchev–Trinajstić information content (AvgIpc) is 2.77. The molecule has 1 N–H and O–H groups in total. The predicted octanol–water partition coefficient (Wildman–Crippen LogP) is 1.14. The molecule has 2 rings (SSSR count). The van der Waals surface area contributed by atoms with Gasteiger partial charge in [-0.1, -0.05) is 13.3 Å². The molecule has 5 heteroatoms. The highest BCUT2D eigenvalue weighted by molar-refractivity contribution is 5.73. The summed E-state index contributed by atoms with van der Waals surface area (Å²) in [5.41, 5.74) is 1.09. The van der Waals surface area contributed by atoms with Crippen LogP contribution in [0.1, 0.15) is 32.4 Å². The standard InChI is InChI=1S/C13H20N4O/c1-3-4-11-7-13(15-9-14-11)17-6-5-12(8-17)16-10(2)18/h7,9,12H,3-6,8H2,1-2H3,(H,16,18). The fourth-order valence-electron chi connectivity index (χ4n) is 2.33. The number of anilines is 1. The first-order valence-electron chi connectivity index (χ1n) is 6.52. The molecular formula is C13H20N4O. The van der Waals surface area contributed by atoms with Gasteiger partial charge in [-0.05, 0) is 12.8 Å². The van der Waals surface area contributed by atoms with Crippen LogP contribution in [0.25, 0.3) is 0 Å². The van der Waals surface area contributed by atoms with Crippen LogP contribution in [0.5, 0.6) is 0 Å². The summed E-state index contributed by atoms with van der Waals surface area (Å²) in [6, 6.07) is 2.30. The Morgan fingerprint density at radius 3 is 3.11 bits per heavy atom. The van der Waals surface area contributed by atoms with Crippen molar-refractivity contribution in [3.05, 3.63) is 18.1 Å². The number of aryl methyl sites for hydroxylation is 1. The van der Waals surface area contributed by atoms with Crippen LogP contribution in [0, 0.1) is 0 Å². The number of hydrogen-bond acceptors (Lipinski definition) is 4. The lowest BCUT2D eigenvalue weighted by atomic mass is 10.2. The van der Waals surface area contributed by atoms with E-state index < -0.39 is 0 Å². The third-order valence-electron chi connectivity index (χ3n) is 3.14. The smallest absolute Gasteiger partial charge is 0.217 e. The molecule has 1 saturated heterocycles. The van der Waals surface area contributed by atoms with Crippen molar-refractivity contribution >= 4 is 11.7 Å². The van der Waals surface area contributed by atoms with Gasteiger partial charge in [-0.3, -0.25) is 4.79 Å². The van der Waals surface area contributed by atoms with E-state index >= 15 is 0 Å². The van der Waals surface area contributed by atoms with Gasteiger partial charge >= 0.3 is 0 Å². The third-order valence-corrected chi connectivity index (χ3v) is 3.14. The second-order valence-electron chi connectivity index (χ2n) is 4.75. The second kappa shape index (κ2) is 5.80. The van der Waals surface area contributed by atoms with Gasteiger partial charge in [0.15, 0.2) is 0 Å². The van der Waals surface area contributed by atoms with Gasteiger partial charge < -0.3 is 10.2 Å². The Labute approximate surface area is 108 Å². The van der Waals surface area contributed by atoms with Crippen molar-refractivity contribution in [3.8, 4) is 0 Å². The first-order valence-corrected chi connectivity index (χ1v) is 6.52. The van der Waals surface area contributed by atoms with Crippen molar-refractivity contribution < 1.29 is 4.79 Å². The quantitative estimate of drug-likeness (QED) is 0.868. The molecule has 1 aliphatic rings. The maximum absolute atomic E-state index is 11.0. The van der Waals surface area contributed by atoms with Crippen LogP contribution in [0.2, 0.25) is 0 Å². The number of carbonyl (C=O) groups excluding carboxylic acids is 1. The van der Waals surface area contributed by atoms with Crippen molar-refractivity contribution in [3.63, 3.8) is 0 Å². The molecule has 0 bridgehead atoms. The van der Waals surface area contributed by atoms with E-state index in [4.69, 9.17) is 0 Å². The van der Waals surface area contributed by atoms with Crippen LogP contribution >= 0.6 is 0 Å². The van der Waals surface area contributed by atoms with Gasteiger partial charge in [0.25, 0.3) is 0 Å². The molecule has 1 amide bonds. The monoisotopic (exact) mass is 248 g/mol. The van der Waals surface area contributed by atoms with E-state index in [0.717, 1.165) is 43.9 Å². The molecule has 1 aromatic heterocycles. The molecular weight excluding hydrogens is 228 g/mol. The first-order chi connectivity index (χ1) is 8.69. The minimum absolute atomic E-state index is 0.0382. The molecule has 0 aromatic carbocycles. The van der Waals surface area contributed by atoms with Crippen LogP contribution in [0.3, 0.4) is 0 Å². The van der Waals surface area contributed by atoms with E-state index in [1.54, 1.807) is 13.3 Å². The average molecular weight is 248 g/mol. The molecule has 98 valence electrons. The normalized spacial score (nSPS) is 19.0. The van der Waals surface area contributed by atoms with Gasteiger partial charge in [0.05, 0.1) is 0 Å². The second-order valence-corrected chi connectivity index (χ2v) is 4.75. The molecule has 0 aliphatic carbocycles. The summed E-state index contributed by atoms with van der Waals surface area (Å²) in [5.74, 6) is 1.01. The van der Waals surface area contributed by atoms with Crippen LogP contribution in [0.4, 0.5) is 5.82 Å². The fraction of sp³-hybridized carbons (Fsp3) is 0.615. The highest BCUT2D eigenvalue weighted by atomic mass is 16.1. The zero-order valence-electron chi connectivity index (χ0n) is 11.0. The van der Waals surface area contributed by atoms with E-state index in [2.05, 4.69) is 33.2 Å². The summed E-state index contributed by atoms with van der Waals surface area (Å²) in [6.07, 6.45) is 4.68. The van der Waals surface area contributed by atoms with Gasteiger partial charge in [-0.25, -0.2) is 9.97 Å². The number of nitrogens with one attached hydrogen (secondary N) is 1. The Bertz CT molecular complexity index is 421. The molecule has 5 nitrogen and oxygen atoms in total. The highest BCUT2D eigenvalue weighted by Gasteiger charge is 2.24. The van der Waals surface area contributed by atoms with Gasteiger partial charge in [0.2, 0.25) is 5.91 Å². The fourth-order valence-corrected chi connectivity index (χ4v) is 2.33. The van der Waals surface area contributed by atoms with Crippen LogP contribution in [-0.2, 0) is 11.2 Å². The summed E-state index contributed by atoms with van der Waals surface area (Å²) in [4.78, 5) is 21.8. The predicted molar refractivity (Wildman–Crippen MR) is 70.5 cm³/mol. The van der Waals surface area contributed by atoms with Gasteiger partial charge in [0.1, 0.15) is 12.1 Å². The first kappa shape index (κ1) is 12.8. The molecule has 1 unspecified atom stereocenters. The van der Waals surface area contributed by atoms with Gasteiger partial charge in [-0.15, -0.1) is 0 Å². The van der Waals surface area contributed by atoms with Crippen molar-refractivity contribution in [1.29, 1.82) is 0 Å². The zero-order valence-corrected chi connectivity index (χ0v) is 11.0. The third kappa shape index (κ3) is 3.18. The van der Waals surface area contributed by atoms with Crippen molar-refractivity contribution in [2.45, 2.75) is 39.2 Å². The van der Waals surface area contributed by atoms with E-state index in [0.29, 0.717) is 0 Å². The van der Waals surface area contributed by atoms with Crippen molar-refractivity contribution in [2.75, 3.05) is 18.0 Å². The van der Waals surface area contributed by atoms with Crippen LogP contribution in [0.15, 0.2) is 12.4 Å². The Balaban J connectivity index is 2.00.